The van der Waals surface area contributed by atoms with Gasteiger partial charge in [0.2, 0.25) is 5.91 Å². The van der Waals surface area contributed by atoms with E-state index >= 15 is 0 Å². The fourth-order valence-corrected chi connectivity index (χ4v) is 1.42. The first-order valence-corrected chi connectivity index (χ1v) is 5.88. The first-order chi connectivity index (χ1) is 7.49. The Hall–Kier alpha value is -0.650. The van der Waals surface area contributed by atoms with Crippen LogP contribution in [0.3, 0.4) is 0 Å². The van der Waals surface area contributed by atoms with E-state index in [9.17, 15) is 4.79 Å². The van der Waals surface area contributed by atoms with E-state index < -0.39 is 0 Å². The van der Waals surface area contributed by atoms with Gasteiger partial charge in [-0.1, -0.05) is 11.6 Å². The summed E-state index contributed by atoms with van der Waals surface area (Å²) in [6.45, 7) is 3.72. The van der Waals surface area contributed by atoms with Crippen molar-refractivity contribution in [1.29, 1.82) is 0 Å². The Labute approximate surface area is 107 Å². The van der Waals surface area contributed by atoms with Crippen molar-refractivity contribution >= 4 is 39.1 Å². The predicted octanol–water partition coefficient (Wildman–Crippen LogP) is 2.86. The van der Waals surface area contributed by atoms with E-state index in [1.54, 1.807) is 12.3 Å². The molecule has 0 unspecified atom stereocenters. The quantitative estimate of drug-likeness (QED) is 0.870. The van der Waals surface area contributed by atoms with Crippen molar-refractivity contribution in [3.05, 3.63) is 21.9 Å². The molecule has 0 aliphatic heterocycles. The molecule has 1 aromatic rings. The minimum atomic E-state index is -0.254. The average Bonchev–Trinajstić information content (AvgIpc) is 2.20. The van der Waals surface area contributed by atoms with Crippen molar-refractivity contribution in [2.45, 2.75) is 20.0 Å². The molecule has 0 saturated heterocycles. The summed E-state index contributed by atoms with van der Waals surface area (Å²) >= 11 is 9.06. The highest BCUT2D eigenvalue weighted by Gasteiger charge is 2.08. The monoisotopic (exact) mass is 306 g/mol. The summed E-state index contributed by atoms with van der Waals surface area (Å²) in [5, 5.41) is 2.87. The molecule has 0 spiro atoms. The number of hydrogen-bond acceptors (Lipinski definition) is 3. The predicted molar refractivity (Wildman–Crippen MR) is 66.7 cm³/mol. The lowest BCUT2D eigenvalue weighted by Crippen LogP contribution is -2.20. The maximum Gasteiger partial charge on any atom is 0.250 e. The maximum atomic E-state index is 11.4. The van der Waals surface area contributed by atoms with Gasteiger partial charge in [-0.05, 0) is 35.8 Å². The van der Waals surface area contributed by atoms with Gasteiger partial charge >= 0.3 is 0 Å². The zero-order valence-corrected chi connectivity index (χ0v) is 11.3. The summed E-state index contributed by atoms with van der Waals surface area (Å²) in [5.74, 6) is -0.254. The zero-order valence-electron chi connectivity index (χ0n) is 8.96. The normalized spacial score (nSPS) is 10.6. The highest BCUT2D eigenvalue weighted by Crippen LogP contribution is 2.22. The highest BCUT2D eigenvalue weighted by molar-refractivity contribution is 9.10. The lowest BCUT2D eigenvalue weighted by atomic mass is 10.4. The smallest absolute Gasteiger partial charge is 0.250 e. The fourth-order valence-electron chi connectivity index (χ4n) is 0.939. The van der Waals surface area contributed by atoms with Crippen LogP contribution in [-0.2, 0) is 9.53 Å². The third-order valence-corrected chi connectivity index (χ3v) is 2.36. The Morgan fingerprint density at radius 2 is 2.38 bits per heavy atom. The molecular formula is C10H12BrClN2O2. The number of rotatable bonds is 4. The van der Waals surface area contributed by atoms with Crippen LogP contribution in [0.1, 0.15) is 13.8 Å². The van der Waals surface area contributed by atoms with Crippen LogP contribution in [0, 0.1) is 0 Å². The van der Waals surface area contributed by atoms with Crippen LogP contribution < -0.4 is 5.32 Å². The molecule has 6 heteroatoms. The van der Waals surface area contributed by atoms with Gasteiger partial charge in [-0.15, -0.1) is 0 Å². The van der Waals surface area contributed by atoms with Gasteiger partial charge in [0.25, 0.3) is 0 Å². The number of nitrogens with zero attached hydrogens (tertiary/aromatic N) is 1. The lowest BCUT2D eigenvalue weighted by Gasteiger charge is -2.09. The first kappa shape index (κ1) is 13.4. The van der Waals surface area contributed by atoms with Gasteiger partial charge in [-0.3, -0.25) is 4.79 Å². The van der Waals surface area contributed by atoms with E-state index in [1.807, 2.05) is 13.8 Å². The van der Waals surface area contributed by atoms with Crippen LogP contribution in [0.2, 0.25) is 5.15 Å². The minimum absolute atomic E-state index is 0.000505. The van der Waals surface area contributed by atoms with Crippen molar-refractivity contribution in [1.82, 2.24) is 4.98 Å². The standard InChI is InChI=1S/C10H12BrClN2O2/c1-6(2)16-5-9(15)14-8-3-7(11)4-13-10(8)12/h3-4,6H,5H2,1-2H3,(H,14,15). The third kappa shape index (κ3) is 4.47. The second kappa shape index (κ2) is 6.18. The molecule has 88 valence electrons. The second-order valence-corrected chi connectivity index (χ2v) is 4.67. The van der Waals surface area contributed by atoms with Gasteiger partial charge in [0.15, 0.2) is 5.15 Å². The molecular weight excluding hydrogens is 295 g/mol. The van der Waals surface area contributed by atoms with E-state index in [2.05, 4.69) is 26.2 Å². The molecule has 0 saturated carbocycles. The van der Waals surface area contributed by atoms with Crippen LogP contribution in [0.25, 0.3) is 0 Å². The molecule has 1 rings (SSSR count). The van der Waals surface area contributed by atoms with Crippen LogP contribution >= 0.6 is 27.5 Å². The van der Waals surface area contributed by atoms with Gasteiger partial charge < -0.3 is 10.1 Å². The number of carbonyl (C=O) groups is 1. The molecule has 16 heavy (non-hydrogen) atoms. The molecule has 0 radical (unpaired) electrons. The van der Waals surface area contributed by atoms with Gasteiger partial charge in [0, 0.05) is 10.7 Å². The van der Waals surface area contributed by atoms with Gasteiger partial charge in [0.05, 0.1) is 11.8 Å². The number of carbonyl (C=O) groups excluding carboxylic acids is 1. The Bertz CT molecular complexity index is 385. The number of anilines is 1. The molecule has 0 bridgehead atoms. The summed E-state index contributed by atoms with van der Waals surface area (Å²) < 4.78 is 5.91. The van der Waals surface area contributed by atoms with Gasteiger partial charge in [0.1, 0.15) is 6.61 Å². The second-order valence-electron chi connectivity index (χ2n) is 3.40. The highest BCUT2D eigenvalue weighted by atomic mass is 79.9. The molecule has 4 nitrogen and oxygen atoms in total. The van der Waals surface area contributed by atoms with E-state index in [4.69, 9.17) is 16.3 Å². The number of halogens is 2. The lowest BCUT2D eigenvalue weighted by molar-refractivity contribution is -0.121. The van der Waals surface area contributed by atoms with Gasteiger partial charge in [-0.2, -0.15) is 0 Å². The number of nitrogens with one attached hydrogen (secondary N) is 1. The van der Waals surface area contributed by atoms with Crippen molar-refractivity contribution in [3.63, 3.8) is 0 Å². The Kier molecular flexibility index (Phi) is 5.18. The van der Waals surface area contributed by atoms with E-state index in [0.717, 1.165) is 4.47 Å². The van der Waals surface area contributed by atoms with Crippen LogP contribution in [0.5, 0.6) is 0 Å². The first-order valence-electron chi connectivity index (χ1n) is 4.71. The number of hydrogen-bond donors (Lipinski definition) is 1. The Morgan fingerprint density at radius 1 is 1.69 bits per heavy atom. The Balaban J connectivity index is 2.59. The molecule has 1 aromatic heterocycles. The molecule has 0 aliphatic carbocycles. The number of amides is 1. The van der Waals surface area contributed by atoms with E-state index in [1.165, 1.54) is 0 Å². The molecule has 0 fully saturated rings. The summed E-state index contributed by atoms with van der Waals surface area (Å²) in [7, 11) is 0. The summed E-state index contributed by atoms with van der Waals surface area (Å²) in [5.41, 5.74) is 0.466. The van der Waals surface area contributed by atoms with Crippen LogP contribution in [-0.4, -0.2) is 23.6 Å². The molecule has 0 aromatic carbocycles. The van der Waals surface area contributed by atoms with E-state index in [0.29, 0.717) is 5.69 Å². The topological polar surface area (TPSA) is 51.2 Å². The van der Waals surface area contributed by atoms with Gasteiger partial charge in [-0.25, -0.2) is 4.98 Å². The molecule has 0 aliphatic rings. The van der Waals surface area contributed by atoms with Crippen molar-refractivity contribution < 1.29 is 9.53 Å². The number of ether oxygens (including phenoxy) is 1. The SMILES string of the molecule is CC(C)OCC(=O)Nc1cc(Br)cnc1Cl. The average molecular weight is 308 g/mol. The fraction of sp³-hybridized carbons (Fsp3) is 0.400. The van der Waals surface area contributed by atoms with E-state index in [-0.39, 0.29) is 23.8 Å². The summed E-state index contributed by atoms with van der Waals surface area (Å²) in [6.07, 6.45) is 1.57. The van der Waals surface area contributed by atoms with Crippen molar-refractivity contribution in [2.75, 3.05) is 11.9 Å². The summed E-state index contributed by atoms with van der Waals surface area (Å²) in [6, 6.07) is 1.68. The van der Waals surface area contributed by atoms with Crippen molar-refractivity contribution in [3.8, 4) is 0 Å². The van der Waals surface area contributed by atoms with Crippen molar-refractivity contribution in [2.24, 2.45) is 0 Å². The number of aromatic nitrogens is 1. The molecule has 1 N–H and O–H groups in total. The summed E-state index contributed by atoms with van der Waals surface area (Å²) in [4.78, 5) is 15.3. The maximum absolute atomic E-state index is 11.4. The Morgan fingerprint density at radius 3 is 3.00 bits per heavy atom. The largest absolute Gasteiger partial charge is 0.369 e. The van der Waals surface area contributed by atoms with Crippen LogP contribution in [0.15, 0.2) is 16.7 Å². The molecule has 0 atom stereocenters. The third-order valence-electron chi connectivity index (χ3n) is 1.63. The molecule has 1 amide bonds. The van der Waals surface area contributed by atoms with Crippen LogP contribution in [0.4, 0.5) is 5.69 Å². The molecule has 1 heterocycles. The number of pyridine rings is 1. The zero-order chi connectivity index (χ0) is 12.1. The minimum Gasteiger partial charge on any atom is -0.369 e.